The van der Waals surface area contributed by atoms with Crippen molar-refractivity contribution in [1.29, 1.82) is 0 Å². The van der Waals surface area contributed by atoms with E-state index < -0.39 is 38.3 Å². The van der Waals surface area contributed by atoms with Gasteiger partial charge in [-0.25, -0.2) is 8.42 Å². The summed E-state index contributed by atoms with van der Waals surface area (Å²) in [5.41, 5.74) is 1.72. The number of aliphatic hydroxyl groups is 2. The third-order valence-electron chi connectivity index (χ3n) is 12.0. The van der Waals surface area contributed by atoms with Gasteiger partial charge in [0.2, 0.25) is 15.8 Å². The van der Waals surface area contributed by atoms with Crippen LogP contribution in [-0.2, 0) is 19.6 Å². The number of sulfonamides is 1. The Morgan fingerprint density at radius 3 is 2.47 bits per heavy atom. The summed E-state index contributed by atoms with van der Waals surface area (Å²) in [6.45, 7) is 9.78. The highest BCUT2D eigenvalue weighted by Crippen LogP contribution is 2.62. The van der Waals surface area contributed by atoms with Crippen LogP contribution in [0.25, 0.3) is 10.9 Å². The maximum Gasteiger partial charge on any atom is 0.273 e. The standard InChI is InChI=1S/C47H56N4O10S/c1-6-26-58-47-42(50(5)62(56,57)41-20-11-15-31-16-13-23-48-45(31)41)30-39(49-61-46(2,3)4)37-27-32(14-7-9-24-52)36(19-8-10-25-53)43(44(37)47)38-29-35(21-22-40(38)60-47)59-34-18-12-17-33(28-34)51(54)55/h6,11-13,15-18,20-23,27-29,32,36,42-44,52-53H,1,7-10,14,19,24-26,30H2,2-5H3/t32-,36+,42-,43+,44+,47+/m0/s1. The number of nitro benzene ring substituents is 1. The maximum absolute atomic E-state index is 15.1. The van der Waals surface area contributed by atoms with Gasteiger partial charge in [-0.1, -0.05) is 54.4 Å². The molecule has 0 spiro atoms. The number of hydrogen-bond acceptors (Lipinski definition) is 12. The number of para-hydroxylation sites is 1. The first kappa shape index (κ1) is 44.9. The van der Waals surface area contributed by atoms with E-state index in [4.69, 9.17) is 24.2 Å². The lowest BCUT2D eigenvalue weighted by Gasteiger charge is -2.59. The number of nitro groups is 1. The zero-order valence-corrected chi connectivity index (χ0v) is 36.5. The summed E-state index contributed by atoms with van der Waals surface area (Å²) in [7, 11) is -2.76. The normalized spacial score (nSPS) is 23.9. The minimum Gasteiger partial charge on any atom is -0.460 e. The number of nitrogens with zero attached hydrogens (tertiary/aromatic N) is 4. The fourth-order valence-corrected chi connectivity index (χ4v) is 10.9. The highest BCUT2D eigenvalue weighted by molar-refractivity contribution is 7.89. The van der Waals surface area contributed by atoms with Crippen molar-refractivity contribution in [2.75, 3.05) is 26.9 Å². The molecule has 330 valence electrons. The first-order valence-corrected chi connectivity index (χ1v) is 22.7. The number of allylic oxidation sites excluding steroid dienone is 1. The van der Waals surface area contributed by atoms with Gasteiger partial charge in [0.05, 0.1) is 40.8 Å². The summed E-state index contributed by atoms with van der Waals surface area (Å²) in [5.74, 6) is -1.59. The Morgan fingerprint density at radius 2 is 1.74 bits per heavy atom. The summed E-state index contributed by atoms with van der Waals surface area (Å²) >= 11 is 0. The molecule has 1 fully saturated rings. The number of benzene rings is 3. The Morgan fingerprint density at radius 1 is 1.02 bits per heavy atom. The number of aliphatic hydroxyl groups excluding tert-OH is 2. The summed E-state index contributed by atoms with van der Waals surface area (Å²) in [6, 6.07) is 19.0. The van der Waals surface area contributed by atoms with Crippen molar-refractivity contribution in [2.45, 2.75) is 94.0 Å². The molecule has 1 aromatic heterocycles. The third-order valence-corrected chi connectivity index (χ3v) is 13.9. The average molecular weight is 869 g/mol. The summed E-state index contributed by atoms with van der Waals surface area (Å²) in [6.07, 6.45) is 9.61. The van der Waals surface area contributed by atoms with Gasteiger partial charge in [0, 0.05) is 55.8 Å². The van der Waals surface area contributed by atoms with Crippen molar-refractivity contribution >= 4 is 32.3 Å². The van der Waals surface area contributed by atoms with Crippen LogP contribution in [0.2, 0.25) is 0 Å². The summed E-state index contributed by atoms with van der Waals surface area (Å²) < 4.78 is 52.1. The van der Waals surface area contributed by atoms with E-state index in [0.717, 1.165) is 24.0 Å². The Bertz CT molecular complexity index is 2450. The molecule has 7 rings (SSSR count). The predicted octanol–water partition coefficient (Wildman–Crippen LogP) is 8.69. The Hall–Kier alpha value is -5.19. The van der Waals surface area contributed by atoms with Crippen LogP contribution in [0.15, 0.2) is 113 Å². The van der Waals surface area contributed by atoms with Crippen molar-refractivity contribution in [3.63, 3.8) is 0 Å². The molecule has 0 saturated heterocycles. The van der Waals surface area contributed by atoms with Gasteiger partial charge in [0.15, 0.2) is 0 Å². The lowest BCUT2D eigenvalue weighted by molar-refractivity contribution is -0.384. The number of likely N-dealkylation sites (N-methyl/N-ethyl adjacent to an activating group) is 1. The molecule has 1 aliphatic heterocycles. The number of oxime groups is 1. The van der Waals surface area contributed by atoms with E-state index in [2.05, 4.69) is 17.6 Å². The highest BCUT2D eigenvalue weighted by Gasteiger charge is 2.66. The molecule has 4 aromatic rings. The second kappa shape index (κ2) is 18.7. The zero-order valence-electron chi connectivity index (χ0n) is 35.7. The van der Waals surface area contributed by atoms with Crippen molar-refractivity contribution in [3.8, 4) is 17.2 Å². The molecule has 6 atom stereocenters. The average Bonchev–Trinajstić information content (AvgIpc) is 3.25. The molecule has 14 nitrogen and oxygen atoms in total. The van der Waals surface area contributed by atoms with Gasteiger partial charge in [-0.3, -0.25) is 15.1 Å². The van der Waals surface area contributed by atoms with Crippen molar-refractivity contribution < 1.29 is 42.6 Å². The van der Waals surface area contributed by atoms with E-state index in [9.17, 15) is 20.3 Å². The number of unbranched alkanes of at least 4 members (excludes halogenated alkanes) is 2. The van der Waals surface area contributed by atoms with E-state index in [-0.39, 0.29) is 60.3 Å². The Labute approximate surface area is 363 Å². The molecule has 2 N–H and O–H groups in total. The van der Waals surface area contributed by atoms with Crippen LogP contribution in [0.1, 0.15) is 77.2 Å². The molecule has 3 aromatic carbocycles. The topological polar surface area (TPSA) is 183 Å². The number of aromatic nitrogens is 1. The summed E-state index contributed by atoms with van der Waals surface area (Å²) in [4.78, 5) is 21.9. The fourth-order valence-electron chi connectivity index (χ4n) is 9.36. The molecule has 2 aliphatic carbocycles. The van der Waals surface area contributed by atoms with E-state index >= 15 is 8.42 Å². The molecule has 0 unspecified atom stereocenters. The molecule has 62 heavy (non-hydrogen) atoms. The van der Waals surface area contributed by atoms with Crippen LogP contribution in [0, 0.1) is 27.9 Å². The number of hydrogen-bond donors (Lipinski definition) is 2. The smallest absolute Gasteiger partial charge is 0.273 e. The molecular formula is C47H56N4O10S. The van der Waals surface area contributed by atoms with Crippen molar-refractivity contribution in [3.05, 3.63) is 119 Å². The van der Waals surface area contributed by atoms with Crippen LogP contribution in [-0.4, -0.2) is 82.9 Å². The lowest BCUT2D eigenvalue weighted by atomic mass is 9.55. The quantitative estimate of drug-likeness (QED) is 0.0422. The van der Waals surface area contributed by atoms with E-state index in [1.165, 1.54) is 16.4 Å². The second-order valence-electron chi connectivity index (χ2n) is 17.2. The molecule has 1 saturated carbocycles. The predicted molar refractivity (Wildman–Crippen MR) is 236 cm³/mol. The lowest BCUT2D eigenvalue weighted by Crippen LogP contribution is -2.69. The van der Waals surface area contributed by atoms with E-state index in [1.807, 2.05) is 39.0 Å². The molecule has 3 aliphatic rings. The molecule has 2 heterocycles. The van der Waals surface area contributed by atoms with Gasteiger partial charge >= 0.3 is 0 Å². The van der Waals surface area contributed by atoms with Crippen LogP contribution < -0.4 is 9.47 Å². The monoisotopic (exact) mass is 868 g/mol. The zero-order chi connectivity index (χ0) is 44.2. The van der Waals surface area contributed by atoms with Gasteiger partial charge in [-0.05, 0) is 100 Å². The van der Waals surface area contributed by atoms with Crippen molar-refractivity contribution in [2.24, 2.45) is 22.9 Å². The molecular weight excluding hydrogens is 813 g/mol. The van der Waals surface area contributed by atoms with Crippen LogP contribution >= 0.6 is 0 Å². The summed E-state index contributed by atoms with van der Waals surface area (Å²) in [5, 5.41) is 37.0. The fraction of sp³-hybridized carbons (Fsp3) is 0.447. The second-order valence-corrected chi connectivity index (χ2v) is 19.2. The third kappa shape index (κ3) is 9.00. The molecule has 15 heteroatoms. The molecule has 0 amide bonds. The number of rotatable bonds is 18. The largest absolute Gasteiger partial charge is 0.460 e. The van der Waals surface area contributed by atoms with Crippen molar-refractivity contribution in [1.82, 2.24) is 9.29 Å². The van der Waals surface area contributed by atoms with Crippen LogP contribution in [0.5, 0.6) is 17.2 Å². The number of pyridine rings is 1. The number of fused-ring (bicyclic) bond motifs is 3. The first-order chi connectivity index (χ1) is 29.7. The van der Waals surface area contributed by atoms with Gasteiger partial charge < -0.3 is 29.3 Å². The van der Waals surface area contributed by atoms with E-state index in [0.29, 0.717) is 53.8 Å². The number of non-ortho nitro benzene ring substituents is 1. The van der Waals surface area contributed by atoms with Gasteiger partial charge in [-0.2, -0.15) is 4.31 Å². The first-order valence-electron chi connectivity index (χ1n) is 21.2. The SMILES string of the molecule is C=CCO[C@@]12Oc3ccc(Oc4cccc([N+](=O)[O-])c4)cc3[C@H]3[C@H](CCCCO)[C@@H](CCCCO)C=C(C(=NOC(C)(C)C)C[C@@H]1N(C)S(=O)(=O)c1cccc4cccnc14)[C@H]32. The minimum absolute atomic E-state index is 0.0269. The molecule has 0 radical (unpaired) electrons. The van der Waals surface area contributed by atoms with Crippen LogP contribution in [0.4, 0.5) is 5.69 Å². The minimum atomic E-state index is -4.30. The number of ether oxygens (including phenoxy) is 3. The Balaban J connectivity index is 1.47. The maximum atomic E-state index is 15.1. The Kier molecular flexibility index (Phi) is 13.5. The van der Waals surface area contributed by atoms with Gasteiger partial charge in [-0.15, -0.1) is 6.58 Å². The van der Waals surface area contributed by atoms with Gasteiger partial charge in [0.25, 0.3) is 5.69 Å². The highest BCUT2D eigenvalue weighted by atomic mass is 32.2. The van der Waals surface area contributed by atoms with E-state index in [1.54, 1.807) is 61.8 Å². The van der Waals surface area contributed by atoms with Gasteiger partial charge in [0.1, 0.15) is 27.7 Å². The van der Waals surface area contributed by atoms with Crippen LogP contribution in [0.3, 0.4) is 0 Å². The molecule has 0 bridgehead atoms.